The first kappa shape index (κ1) is 30.1. The van der Waals surface area contributed by atoms with Gasteiger partial charge in [0.05, 0.1) is 0 Å². The number of hydrogen-bond donors (Lipinski definition) is 0. The minimum absolute atomic E-state index is 0. The van der Waals surface area contributed by atoms with Crippen molar-refractivity contribution in [2.24, 2.45) is 0 Å². The van der Waals surface area contributed by atoms with Gasteiger partial charge in [-0.25, -0.2) is 0 Å². The van der Waals surface area contributed by atoms with E-state index >= 15 is 0 Å². The molecule has 0 atom stereocenters. The molecule has 2 N–H and O–H groups in total. The molecule has 0 fully saturated rings. The van der Waals surface area contributed by atoms with Gasteiger partial charge in [0.2, 0.25) is 0 Å². The van der Waals surface area contributed by atoms with Gasteiger partial charge in [0, 0.05) is 0 Å². The van der Waals surface area contributed by atoms with Crippen molar-refractivity contribution in [3.63, 3.8) is 0 Å². The van der Waals surface area contributed by atoms with Gasteiger partial charge >= 0.3 is 83.5 Å². The molecule has 0 rings (SSSR count). The Labute approximate surface area is 92.1 Å². The Kier molecular flexibility index (Phi) is 130. The molecule has 0 saturated heterocycles. The van der Waals surface area contributed by atoms with Crippen molar-refractivity contribution >= 4 is 0 Å². The average molecular weight is 314 g/mol. The summed E-state index contributed by atoms with van der Waals surface area (Å²) in [6, 6.07) is 0. The van der Waals surface area contributed by atoms with Gasteiger partial charge in [0.1, 0.15) is 0 Å². The van der Waals surface area contributed by atoms with Gasteiger partial charge in [0.25, 0.3) is 0 Å². The zero-order valence-corrected chi connectivity index (χ0v) is 8.17. The molecule has 0 amide bonds. The molecule has 0 aromatic carbocycles. The molecule has 2 nitrogen and oxygen atoms in total. The van der Waals surface area contributed by atoms with Crippen molar-refractivity contribution < 1.29 is 94.4 Å². The number of hydrogen-bond acceptors (Lipinski definition) is 2. The first-order chi connectivity index (χ1) is 0. The summed E-state index contributed by atoms with van der Waals surface area (Å²) >= 11 is 0. The molecule has 0 aliphatic rings. The van der Waals surface area contributed by atoms with Gasteiger partial charge in [-0.2, -0.15) is 0 Å². The molecular weight excluding hydrogens is 312 g/mol. The van der Waals surface area contributed by atoms with Crippen LogP contribution in [0.5, 0.6) is 0 Å². The molecule has 2 radical (unpaired) electrons. The van der Waals surface area contributed by atoms with Crippen molar-refractivity contribution in [3.05, 3.63) is 0 Å². The zero-order valence-electron chi connectivity index (χ0n) is 1.89. The van der Waals surface area contributed by atoms with Crippen molar-refractivity contribution in [1.82, 2.24) is 0 Å². The van der Waals surface area contributed by atoms with Crippen LogP contribution in [0, 0.1) is 83.5 Å². The SMILES string of the molecule is [Ce+3].[Ce+3].[OH-].[OH-]. The molecule has 0 heterocycles. The van der Waals surface area contributed by atoms with Crippen LogP contribution in [-0.4, -0.2) is 11.0 Å². The Morgan fingerprint density at radius 2 is 0.500 bits per heavy atom. The Morgan fingerprint density at radius 3 is 0.500 bits per heavy atom. The number of rotatable bonds is 0. The minimum atomic E-state index is 0. The minimum Gasteiger partial charge on any atom is -0.870 e. The molecule has 4 heavy (non-hydrogen) atoms. The van der Waals surface area contributed by atoms with Gasteiger partial charge in [-0.15, -0.1) is 0 Å². The van der Waals surface area contributed by atoms with E-state index in [1.165, 1.54) is 0 Å². The van der Waals surface area contributed by atoms with E-state index in [1.54, 1.807) is 0 Å². The first-order valence-electron chi connectivity index (χ1n) is 0. The van der Waals surface area contributed by atoms with Gasteiger partial charge in [0.15, 0.2) is 0 Å². The molecule has 0 aromatic heterocycles. The van der Waals surface area contributed by atoms with E-state index < -0.39 is 0 Å². The van der Waals surface area contributed by atoms with Crippen molar-refractivity contribution in [2.45, 2.75) is 0 Å². The predicted octanol–water partition coefficient (Wildman–Crippen LogP) is -0.354. The molecule has 0 saturated carbocycles. The Balaban J connectivity index is 0. The Morgan fingerprint density at radius 1 is 0.500 bits per heavy atom. The Bertz CT molecular complexity index is 4.00. The van der Waals surface area contributed by atoms with Crippen LogP contribution in [0.4, 0.5) is 0 Å². The quantitative estimate of drug-likeness (QED) is 0.613. The predicted molar refractivity (Wildman–Crippen MR) is 3.87 cm³/mol. The topological polar surface area (TPSA) is 60.0 Å². The normalized spacial score (nSPS) is 0. The van der Waals surface area contributed by atoms with E-state index in [9.17, 15) is 0 Å². The summed E-state index contributed by atoms with van der Waals surface area (Å²) in [4.78, 5) is 0. The van der Waals surface area contributed by atoms with E-state index in [0.717, 1.165) is 0 Å². The third-order valence-electron chi connectivity index (χ3n) is 0. The monoisotopic (exact) mass is 314 g/mol. The second-order valence-corrected chi connectivity index (χ2v) is 0. The fourth-order valence-corrected chi connectivity index (χ4v) is 0. The van der Waals surface area contributed by atoms with Gasteiger partial charge < -0.3 is 11.0 Å². The molecule has 0 unspecified atom stereocenters. The molecule has 0 spiro atoms. The maximum absolute atomic E-state index is 0. The summed E-state index contributed by atoms with van der Waals surface area (Å²) < 4.78 is 0. The van der Waals surface area contributed by atoms with Crippen LogP contribution in [0.15, 0.2) is 0 Å². The van der Waals surface area contributed by atoms with Crippen molar-refractivity contribution in [1.29, 1.82) is 0 Å². The van der Waals surface area contributed by atoms with E-state index in [-0.39, 0.29) is 94.4 Å². The van der Waals surface area contributed by atoms with E-state index in [1.807, 2.05) is 0 Å². The molecule has 0 aliphatic heterocycles. The van der Waals surface area contributed by atoms with E-state index in [0.29, 0.717) is 0 Å². The van der Waals surface area contributed by atoms with Crippen LogP contribution < -0.4 is 0 Å². The fourth-order valence-electron chi connectivity index (χ4n) is 0. The van der Waals surface area contributed by atoms with Crippen LogP contribution in [0.1, 0.15) is 0 Å². The second-order valence-electron chi connectivity index (χ2n) is 0. The maximum Gasteiger partial charge on any atom is 3.00 e. The van der Waals surface area contributed by atoms with Crippen LogP contribution in [-0.2, 0) is 0 Å². The van der Waals surface area contributed by atoms with Crippen LogP contribution >= 0.6 is 0 Å². The van der Waals surface area contributed by atoms with E-state index in [2.05, 4.69) is 0 Å². The molecule has 18 valence electrons. The summed E-state index contributed by atoms with van der Waals surface area (Å²) in [6.45, 7) is 0. The average Bonchev–Trinajstić information content (AvgIpc) is 0. The summed E-state index contributed by atoms with van der Waals surface area (Å²) in [5, 5.41) is 0. The third-order valence-corrected chi connectivity index (χ3v) is 0. The van der Waals surface area contributed by atoms with Crippen LogP contribution in [0.3, 0.4) is 0 Å². The zero-order chi connectivity index (χ0) is 0. The largest absolute Gasteiger partial charge is 3.00 e. The fraction of sp³-hybridized carbons (Fsp3) is 0. The Hall–Kier alpha value is 2.67. The third kappa shape index (κ3) is 8.82. The summed E-state index contributed by atoms with van der Waals surface area (Å²) in [6.07, 6.45) is 0. The molecule has 0 aromatic rings. The van der Waals surface area contributed by atoms with Crippen LogP contribution in [0.2, 0.25) is 0 Å². The van der Waals surface area contributed by atoms with Gasteiger partial charge in [-0.05, 0) is 0 Å². The van der Waals surface area contributed by atoms with Gasteiger partial charge in [-0.1, -0.05) is 0 Å². The maximum atomic E-state index is 0. The molecule has 0 aliphatic carbocycles. The molecule has 0 bridgehead atoms. The summed E-state index contributed by atoms with van der Waals surface area (Å²) in [5.41, 5.74) is 0. The second kappa shape index (κ2) is 17.3. The van der Waals surface area contributed by atoms with Crippen molar-refractivity contribution in [2.75, 3.05) is 0 Å². The van der Waals surface area contributed by atoms with Crippen molar-refractivity contribution in [3.8, 4) is 0 Å². The molecule has 4 heteroatoms. The first-order valence-corrected chi connectivity index (χ1v) is 0. The summed E-state index contributed by atoms with van der Waals surface area (Å²) in [7, 11) is 0. The van der Waals surface area contributed by atoms with Crippen LogP contribution in [0.25, 0.3) is 0 Å². The standard InChI is InChI=1S/2Ce.2H2O/h;;2*1H2/q2*+3;;/p-2. The smallest absolute Gasteiger partial charge is 0.870 e. The summed E-state index contributed by atoms with van der Waals surface area (Å²) in [5.74, 6) is 0. The van der Waals surface area contributed by atoms with E-state index in [4.69, 9.17) is 0 Å². The van der Waals surface area contributed by atoms with Gasteiger partial charge in [-0.3, -0.25) is 0 Å². The molecular formula is H2Ce2O2+4.